The predicted octanol–water partition coefficient (Wildman–Crippen LogP) is 11.8. The van der Waals surface area contributed by atoms with Crippen LogP contribution in [0.15, 0.2) is 30.0 Å². The van der Waals surface area contributed by atoms with E-state index in [9.17, 15) is 0 Å². The molecule has 6 aromatic heterocycles. The third-order valence-corrected chi connectivity index (χ3v) is 16.8. The third-order valence-electron chi connectivity index (χ3n) is 4.57. The molecule has 0 spiro atoms. The van der Waals surface area contributed by atoms with Gasteiger partial charge < -0.3 is 5.73 Å². The number of nitrogen functional groups attached to an aromatic ring is 1. The average Bonchev–Trinajstić information content (AvgIpc) is 3.47. The van der Waals surface area contributed by atoms with Crippen molar-refractivity contribution in [1.29, 1.82) is 0 Å². The van der Waals surface area contributed by atoms with Crippen LogP contribution in [0.3, 0.4) is 0 Å². The molecule has 6 rings (SSSR count). The molecule has 0 aliphatic carbocycles. The van der Waals surface area contributed by atoms with Gasteiger partial charge in [-0.15, -0.1) is 68.0 Å². The Labute approximate surface area is 229 Å². The van der Waals surface area contributed by atoms with E-state index in [1.807, 2.05) is 62.8 Å². The normalized spacial score (nSPS) is 12.3. The second-order valence-corrected chi connectivity index (χ2v) is 16.2. The van der Waals surface area contributed by atoms with Crippen molar-refractivity contribution < 1.29 is 0 Å². The molecule has 30 heavy (non-hydrogen) atoms. The summed E-state index contributed by atoms with van der Waals surface area (Å²) >= 11 is 26.2. The lowest BCUT2D eigenvalue weighted by atomic mass is 10.3. The first kappa shape index (κ1) is 21.2. The van der Waals surface area contributed by atoms with Crippen molar-refractivity contribution in [2.75, 3.05) is 5.73 Å². The highest BCUT2D eigenvalue weighted by Gasteiger charge is 2.25. The van der Waals surface area contributed by atoms with Crippen LogP contribution in [0.4, 0.5) is 5.00 Å². The molecule has 0 aliphatic heterocycles. The number of thiophene rings is 6. The standard InChI is InChI=1S/C19H7Br4NS6/c1-4-2-5(20)10(25-4)12-8(22)14-16(27-12)18-19(29-14)17-15(30-18)9(23)13(28-17)11-6(21)3-7(24)26-11/h2-3H,24H2,1H3. The van der Waals surface area contributed by atoms with Crippen LogP contribution in [0.25, 0.3) is 47.7 Å². The molecule has 2 N–H and O–H groups in total. The van der Waals surface area contributed by atoms with E-state index in [0.717, 1.165) is 9.47 Å². The van der Waals surface area contributed by atoms with E-state index >= 15 is 0 Å². The first-order valence-electron chi connectivity index (χ1n) is 8.40. The molecule has 0 aliphatic rings. The molecule has 0 saturated heterocycles. The van der Waals surface area contributed by atoms with E-state index in [0.29, 0.717) is 0 Å². The van der Waals surface area contributed by atoms with Gasteiger partial charge in [0.15, 0.2) is 0 Å². The molecule has 6 heterocycles. The molecule has 0 radical (unpaired) electrons. The molecular formula is C19H7Br4NS6. The summed E-state index contributed by atoms with van der Waals surface area (Å²) in [5.41, 5.74) is 6.03. The van der Waals surface area contributed by atoms with Gasteiger partial charge in [0.1, 0.15) is 0 Å². The summed E-state index contributed by atoms with van der Waals surface area (Å²) < 4.78 is 12.9. The average molecular weight is 761 g/mol. The summed E-state index contributed by atoms with van der Waals surface area (Å²) in [6.07, 6.45) is 0. The number of hydrogen-bond acceptors (Lipinski definition) is 7. The van der Waals surface area contributed by atoms with Gasteiger partial charge in [-0.05, 0) is 82.8 Å². The lowest BCUT2D eigenvalue weighted by Gasteiger charge is -1.95. The second-order valence-electron chi connectivity index (χ2n) is 6.53. The maximum atomic E-state index is 6.03. The molecule has 0 saturated carbocycles. The van der Waals surface area contributed by atoms with Gasteiger partial charge in [0.05, 0.1) is 61.7 Å². The van der Waals surface area contributed by atoms with Gasteiger partial charge in [-0.1, -0.05) is 0 Å². The number of fused-ring (bicyclic) bond motifs is 5. The van der Waals surface area contributed by atoms with Crippen molar-refractivity contribution in [3.8, 4) is 19.5 Å². The molecule has 0 bridgehead atoms. The lowest BCUT2D eigenvalue weighted by Crippen LogP contribution is -1.72. The number of aryl methyl sites for hydroxylation is 1. The lowest BCUT2D eigenvalue weighted by molar-refractivity contribution is 1.62. The second kappa shape index (κ2) is 7.61. The Balaban J connectivity index is 1.60. The molecule has 0 unspecified atom stereocenters. The highest BCUT2D eigenvalue weighted by molar-refractivity contribution is 9.11. The van der Waals surface area contributed by atoms with Crippen molar-refractivity contribution >= 4 is 165 Å². The third kappa shape index (κ3) is 3.07. The van der Waals surface area contributed by atoms with Gasteiger partial charge in [0, 0.05) is 13.8 Å². The highest BCUT2D eigenvalue weighted by Crippen LogP contribution is 2.59. The fourth-order valence-corrected chi connectivity index (χ4v) is 15.4. The fraction of sp³-hybridized carbons (Fsp3) is 0.0526. The molecule has 0 atom stereocenters. The SMILES string of the molecule is Cc1cc(Br)c(-c2sc3c(sc4c5sc(-c6sc(N)cc6Br)c(Br)c5sc34)c2Br)s1. The monoisotopic (exact) mass is 757 g/mol. The summed E-state index contributed by atoms with van der Waals surface area (Å²) in [6, 6.07) is 4.19. The van der Waals surface area contributed by atoms with Crippen LogP contribution in [0, 0.1) is 6.92 Å². The van der Waals surface area contributed by atoms with E-state index in [-0.39, 0.29) is 0 Å². The summed E-state index contributed by atoms with van der Waals surface area (Å²) in [5.74, 6) is 0. The quantitative estimate of drug-likeness (QED) is 0.187. The van der Waals surface area contributed by atoms with Crippen LogP contribution in [-0.2, 0) is 0 Å². The van der Waals surface area contributed by atoms with E-state index in [1.165, 1.54) is 66.0 Å². The Morgan fingerprint density at radius 2 is 1.03 bits per heavy atom. The molecule has 11 heteroatoms. The molecule has 0 aromatic carbocycles. The van der Waals surface area contributed by atoms with E-state index in [2.05, 4.69) is 76.7 Å². The molecule has 1 nitrogen and oxygen atoms in total. The smallest absolute Gasteiger partial charge is 0.0874 e. The minimum atomic E-state index is 0.828. The van der Waals surface area contributed by atoms with Crippen molar-refractivity contribution in [2.24, 2.45) is 0 Å². The Morgan fingerprint density at radius 3 is 1.47 bits per heavy atom. The van der Waals surface area contributed by atoms with Gasteiger partial charge in [0.2, 0.25) is 0 Å². The first-order chi connectivity index (χ1) is 14.3. The van der Waals surface area contributed by atoms with Gasteiger partial charge in [-0.25, -0.2) is 0 Å². The van der Waals surface area contributed by atoms with Crippen LogP contribution >= 0.6 is 132 Å². The number of halogens is 4. The van der Waals surface area contributed by atoms with Crippen LogP contribution in [0.1, 0.15) is 4.88 Å². The Hall–Kier alpha value is 0.700. The van der Waals surface area contributed by atoms with Gasteiger partial charge in [-0.3, -0.25) is 0 Å². The molecule has 6 aromatic rings. The van der Waals surface area contributed by atoms with E-state index < -0.39 is 0 Å². The largest absolute Gasteiger partial charge is 0.391 e. The minimum Gasteiger partial charge on any atom is -0.391 e. The Bertz CT molecular complexity index is 1500. The zero-order valence-corrected chi connectivity index (χ0v) is 25.9. The van der Waals surface area contributed by atoms with Crippen molar-refractivity contribution in [3.05, 3.63) is 34.9 Å². The summed E-state index contributed by atoms with van der Waals surface area (Å²) in [5, 5.41) is 0.828. The summed E-state index contributed by atoms with van der Waals surface area (Å²) in [6.45, 7) is 2.16. The molecule has 0 amide bonds. The number of rotatable bonds is 2. The minimum absolute atomic E-state index is 0.828. The molecule has 152 valence electrons. The first-order valence-corrected chi connectivity index (χ1v) is 16.5. The van der Waals surface area contributed by atoms with Crippen molar-refractivity contribution in [3.63, 3.8) is 0 Å². The predicted molar refractivity (Wildman–Crippen MR) is 157 cm³/mol. The number of anilines is 1. The van der Waals surface area contributed by atoms with E-state index in [1.54, 1.807) is 11.3 Å². The van der Waals surface area contributed by atoms with Gasteiger partial charge >= 0.3 is 0 Å². The molecule has 0 fully saturated rings. The van der Waals surface area contributed by atoms with E-state index in [4.69, 9.17) is 5.73 Å². The maximum absolute atomic E-state index is 6.03. The highest BCUT2D eigenvalue weighted by atomic mass is 79.9. The summed E-state index contributed by atoms with van der Waals surface area (Å²) in [7, 11) is 0. The topological polar surface area (TPSA) is 26.0 Å². The zero-order valence-electron chi connectivity index (χ0n) is 14.7. The number of nitrogens with two attached hydrogens (primary N) is 1. The van der Waals surface area contributed by atoms with Crippen LogP contribution < -0.4 is 5.73 Å². The fourth-order valence-electron chi connectivity index (χ4n) is 3.34. The van der Waals surface area contributed by atoms with Gasteiger partial charge in [0.25, 0.3) is 0 Å². The Morgan fingerprint density at radius 1 is 0.567 bits per heavy atom. The van der Waals surface area contributed by atoms with Crippen molar-refractivity contribution in [2.45, 2.75) is 6.92 Å². The molecular weight excluding hydrogens is 754 g/mol. The maximum Gasteiger partial charge on any atom is 0.0874 e. The van der Waals surface area contributed by atoms with Crippen LogP contribution in [0.2, 0.25) is 0 Å². The zero-order chi connectivity index (χ0) is 20.9. The Kier molecular flexibility index (Phi) is 5.39. The van der Waals surface area contributed by atoms with Crippen LogP contribution in [0.5, 0.6) is 0 Å². The summed E-state index contributed by atoms with van der Waals surface area (Å²) in [4.78, 5) is 6.39. The van der Waals surface area contributed by atoms with Crippen molar-refractivity contribution in [1.82, 2.24) is 0 Å². The van der Waals surface area contributed by atoms with Gasteiger partial charge in [-0.2, -0.15) is 0 Å². The number of hydrogen-bond donors (Lipinski definition) is 1. The van der Waals surface area contributed by atoms with Crippen LogP contribution in [-0.4, -0.2) is 0 Å².